The zero-order valence-corrected chi connectivity index (χ0v) is 20.9. The number of carbonyl (C=O) groups excluding carboxylic acids is 1. The number of anilines is 4. The van der Waals surface area contributed by atoms with Crippen LogP contribution in [0.5, 0.6) is 5.88 Å². The quantitative estimate of drug-likeness (QED) is 0.280. The zero-order valence-electron chi connectivity index (χ0n) is 20.9. The molecule has 0 aliphatic carbocycles. The lowest BCUT2D eigenvalue weighted by atomic mass is 10.0. The van der Waals surface area contributed by atoms with E-state index in [-0.39, 0.29) is 11.5 Å². The van der Waals surface area contributed by atoms with Crippen LogP contribution in [0, 0.1) is 0 Å². The molecule has 0 unspecified atom stereocenters. The number of carbonyl (C=O) groups is 1. The highest BCUT2D eigenvalue weighted by Crippen LogP contribution is 2.36. The van der Waals surface area contributed by atoms with Gasteiger partial charge in [-0.3, -0.25) is 9.89 Å². The maximum Gasteiger partial charge on any atom is 0.420 e. The molecule has 0 fully saturated rings. The molecule has 0 spiro atoms. The van der Waals surface area contributed by atoms with Crippen LogP contribution in [0.1, 0.15) is 27.2 Å². The van der Waals surface area contributed by atoms with Crippen molar-refractivity contribution in [1.82, 2.24) is 20.2 Å². The van der Waals surface area contributed by atoms with Gasteiger partial charge in [0.2, 0.25) is 5.88 Å². The Bertz CT molecular complexity index is 1400. The van der Waals surface area contributed by atoms with Crippen molar-refractivity contribution in [1.29, 1.82) is 0 Å². The Labute approximate surface area is 217 Å². The predicted octanol–water partition coefficient (Wildman–Crippen LogP) is 5.07. The molecule has 0 aliphatic rings. The molecule has 3 heterocycles. The smallest absolute Gasteiger partial charge is 0.420 e. The minimum absolute atomic E-state index is 0.0390. The Hall–Kier alpha value is -4.61. The van der Waals surface area contributed by atoms with Crippen molar-refractivity contribution in [3.63, 3.8) is 0 Å². The van der Waals surface area contributed by atoms with E-state index in [0.717, 1.165) is 23.0 Å². The van der Waals surface area contributed by atoms with Gasteiger partial charge in [-0.05, 0) is 42.7 Å². The summed E-state index contributed by atoms with van der Waals surface area (Å²) >= 11 is 0. The van der Waals surface area contributed by atoms with Gasteiger partial charge in [-0.25, -0.2) is 9.97 Å². The van der Waals surface area contributed by atoms with Crippen LogP contribution >= 0.6 is 0 Å². The molecular formula is C26H26F3N7O2. The number of hydrogen-bond donors (Lipinski definition) is 3. The number of amides is 1. The molecule has 1 amide bonds. The Morgan fingerprint density at radius 2 is 1.82 bits per heavy atom. The van der Waals surface area contributed by atoms with Crippen LogP contribution in [0.2, 0.25) is 0 Å². The van der Waals surface area contributed by atoms with Crippen molar-refractivity contribution in [2.75, 3.05) is 36.7 Å². The fourth-order valence-electron chi connectivity index (χ4n) is 3.72. The average molecular weight is 526 g/mol. The molecule has 12 heteroatoms. The number of nitrogens with one attached hydrogen (secondary N) is 3. The van der Waals surface area contributed by atoms with Gasteiger partial charge in [-0.15, -0.1) is 0 Å². The third-order valence-corrected chi connectivity index (χ3v) is 5.57. The van der Waals surface area contributed by atoms with Crippen LogP contribution in [0.4, 0.5) is 36.2 Å². The van der Waals surface area contributed by atoms with Gasteiger partial charge in [0.1, 0.15) is 11.4 Å². The van der Waals surface area contributed by atoms with Crippen molar-refractivity contribution >= 4 is 28.9 Å². The first-order chi connectivity index (χ1) is 18.1. The first-order valence-electron chi connectivity index (χ1n) is 11.6. The molecule has 4 rings (SSSR count). The summed E-state index contributed by atoms with van der Waals surface area (Å²) in [5, 5.41) is 12.9. The highest BCUT2D eigenvalue weighted by Gasteiger charge is 2.35. The predicted molar refractivity (Wildman–Crippen MR) is 138 cm³/mol. The van der Waals surface area contributed by atoms with Crippen molar-refractivity contribution < 1.29 is 22.7 Å². The normalized spacial score (nSPS) is 11.2. The monoisotopic (exact) mass is 525 g/mol. The number of alkyl halides is 3. The van der Waals surface area contributed by atoms with Gasteiger partial charge in [0.25, 0.3) is 5.91 Å². The van der Waals surface area contributed by atoms with E-state index >= 15 is 0 Å². The molecule has 0 aliphatic heterocycles. The summed E-state index contributed by atoms with van der Waals surface area (Å²) in [6.45, 7) is 0. The molecule has 0 saturated heterocycles. The summed E-state index contributed by atoms with van der Waals surface area (Å²) in [6, 6.07) is 13.3. The minimum Gasteiger partial charge on any atom is -0.481 e. The maximum atomic E-state index is 13.5. The van der Waals surface area contributed by atoms with Crippen LogP contribution in [-0.2, 0) is 19.0 Å². The number of pyridine rings is 2. The fraction of sp³-hybridized carbons (Fsp3) is 0.231. The number of H-pyrrole nitrogens is 1. The molecule has 0 saturated carbocycles. The standard InChI is InChI=1S/C26H26F3N7O2/c1-36(2)24-21(26(27,28)29)12-20(15-31-24)33-25(37)17-6-4-5-16(11-17)7-8-18-13-22(35-34-18)32-19-9-10-23(38-3)30-14-19/h4-6,9-15H,7-8H2,1-3H3,(H,33,37)(H2,32,34,35). The van der Waals surface area contributed by atoms with Gasteiger partial charge >= 0.3 is 6.18 Å². The Morgan fingerprint density at radius 1 is 1.03 bits per heavy atom. The molecule has 3 aromatic heterocycles. The number of aromatic amines is 1. The number of ether oxygens (including phenoxy) is 1. The summed E-state index contributed by atoms with van der Waals surface area (Å²) < 4.78 is 45.5. The molecule has 4 aromatic rings. The van der Waals surface area contributed by atoms with Gasteiger partial charge in [-0.1, -0.05) is 12.1 Å². The Kier molecular flexibility index (Phi) is 7.79. The molecule has 0 bridgehead atoms. The van der Waals surface area contributed by atoms with Gasteiger partial charge in [0, 0.05) is 37.5 Å². The molecule has 198 valence electrons. The first-order valence-corrected chi connectivity index (χ1v) is 11.6. The molecule has 38 heavy (non-hydrogen) atoms. The number of aryl methyl sites for hydroxylation is 2. The molecular weight excluding hydrogens is 499 g/mol. The van der Waals surface area contributed by atoms with Crippen LogP contribution in [-0.4, -0.2) is 47.3 Å². The summed E-state index contributed by atoms with van der Waals surface area (Å²) in [5.41, 5.74) is 1.89. The van der Waals surface area contributed by atoms with Crippen LogP contribution in [0.25, 0.3) is 0 Å². The van der Waals surface area contributed by atoms with Crippen molar-refractivity contribution in [2.45, 2.75) is 19.0 Å². The highest BCUT2D eigenvalue weighted by atomic mass is 19.4. The topological polar surface area (TPSA) is 108 Å². The second-order valence-electron chi connectivity index (χ2n) is 8.63. The Balaban J connectivity index is 1.38. The van der Waals surface area contributed by atoms with E-state index in [4.69, 9.17) is 4.74 Å². The van der Waals surface area contributed by atoms with Crippen molar-refractivity contribution in [2.24, 2.45) is 0 Å². The lowest BCUT2D eigenvalue weighted by molar-refractivity contribution is -0.137. The third kappa shape index (κ3) is 6.58. The molecule has 0 radical (unpaired) electrons. The molecule has 9 nitrogen and oxygen atoms in total. The lowest BCUT2D eigenvalue weighted by Crippen LogP contribution is -2.19. The van der Waals surface area contributed by atoms with Gasteiger partial charge in [0.15, 0.2) is 5.82 Å². The van der Waals surface area contributed by atoms with E-state index in [0.29, 0.717) is 30.1 Å². The van der Waals surface area contributed by atoms with E-state index in [1.165, 1.54) is 25.2 Å². The minimum atomic E-state index is -4.61. The summed E-state index contributed by atoms with van der Waals surface area (Å²) in [5.74, 6) is 0.391. The van der Waals surface area contributed by atoms with E-state index in [2.05, 4.69) is 30.8 Å². The number of nitrogens with zero attached hydrogens (tertiary/aromatic N) is 4. The van der Waals surface area contributed by atoms with Crippen LogP contribution in [0.15, 0.2) is 60.9 Å². The number of benzene rings is 1. The number of hydrogen-bond acceptors (Lipinski definition) is 7. The number of rotatable bonds is 9. The van der Waals surface area contributed by atoms with E-state index in [9.17, 15) is 18.0 Å². The van der Waals surface area contributed by atoms with Gasteiger partial charge in [-0.2, -0.15) is 18.3 Å². The van der Waals surface area contributed by atoms with Gasteiger partial charge < -0.3 is 20.3 Å². The van der Waals surface area contributed by atoms with Crippen molar-refractivity contribution in [3.05, 3.63) is 83.3 Å². The number of methoxy groups -OCH3 is 1. The SMILES string of the molecule is COc1ccc(Nc2cc(CCc3cccc(C(=O)Nc4cnc(N(C)C)c(C(F)(F)F)c4)c3)[nH]n2)cn1. The lowest BCUT2D eigenvalue weighted by Gasteiger charge is -2.19. The van der Waals surface area contributed by atoms with Crippen LogP contribution < -0.4 is 20.3 Å². The second kappa shape index (κ2) is 11.2. The largest absolute Gasteiger partial charge is 0.481 e. The highest BCUT2D eigenvalue weighted by molar-refractivity contribution is 6.04. The van der Waals surface area contributed by atoms with Crippen molar-refractivity contribution in [3.8, 4) is 5.88 Å². The summed E-state index contributed by atoms with van der Waals surface area (Å²) in [7, 11) is 4.49. The molecule has 0 atom stereocenters. The van der Waals surface area contributed by atoms with E-state index < -0.39 is 17.6 Å². The third-order valence-electron chi connectivity index (χ3n) is 5.57. The van der Waals surface area contributed by atoms with E-state index in [1.807, 2.05) is 18.2 Å². The fourth-order valence-corrected chi connectivity index (χ4v) is 3.72. The van der Waals surface area contributed by atoms with E-state index in [1.54, 1.807) is 37.6 Å². The number of halogens is 3. The summed E-state index contributed by atoms with van der Waals surface area (Å²) in [6.07, 6.45) is -0.519. The van der Waals surface area contributed by atoms with Gasteiger partial charge in [0.05, 0.1) is 30.9 Å². The van der Waals surface area contributed by atoms with Crippen LogP contribution in [0.3, 0.4) is 0 Å². The molecule has 3 N–H and O–H groups in total. The zero-order chi connectivity index (χ0) is 27.3. The summed E-state index contributed by atoms with van der Waals surface area (Å²) in [4.78, 5) is 22.1. The Morgan fingerprint density at radius 3 is 2.50 bits per heavy atom. The maximum absolute atomic E-state index is 13.5. The average Bonchev–Trinajstić information content (AvgIpc) is 3.34. The molecule has 1 aromatic carbocycles. The first kappa shape index (κ1) is 26.5. The number of aromatic nitrogens is 4. The second-order valence-corrected chi connectivity index (χ2v) is 8.63.